The minimum absolute atomic E-state index is 0.303. The van der Waals surface area contributed by atoms with Crippen LogP contribution in [0, 0.1) is 5.41 Å². The van der Waals surface area contributed by atoms with Crippen LogP contribution in [0.25, 0.3) is 0 Å². The number of hydrogen-bond acceptors (Lipinski definition) is 2. The van der Waals surface area contributed by atoms with Crippen molar-refractivity contribution in [3.05, 3.63) is 12.7 Å². The molecule has 0 spiro atoms. The van der Waals surface area contributed by atoms with Gasteiger partial charge < -0.3 is 10.1 Å². The highest BCUT2D eigenvalue weighted by Gasteiger charge is 2.58. The maximum atomic E-state index is 5.29. The molecular formula is C9H17NO. The normalized spacial score (nSPS) is 33.4. The Morgan fingerprint density at radius 1 is 1.64 bits per heavy atom. The lowest BCUT2D eigenvalue weighted by Crippen LogP contribution is -2.21. The molecule has 0 radical (unpaired) electrons. The van der Waals surface area contributed by atoms with E-state index in [0.29, 0.717) is 17.6 Å². The average Bonchev–Trinajstić information content (AvgIpc) is 2.48. The fourth-order valence-electron chi connectivity index (χ4n) is 1.61. The van der Waals surface area contributed by atoms with E-state index in [9.17, 15) is 0 Å². The maximum Gasteiger partial charge on any atom is 0.0797 e. The van der Waals surface area contributed by atoms with Gasteiger partial charge >= 0.3 is 0 Å². The summed E-state index contributed by atoms with van der Waals surface area (Å²) in [6.07, 6.45) is 2.25. The minimum atomic E-state index is 0.303. The molecule has 0 heterocycles. The van der Waals surface area contributed by atoms with E-state index in [-0.39, 0.29) is 0 Å². The molecule has 0 amide bonds. The molecule has 1 N–H and O–H groups in total. The van der Waals surface area contributed by atoms with Gasteiger partial charge in [0.25, 0.3) is 0 Å². The van der Waals surface area contributed by atoms with Gasteiger partial charge in [-0.15, -0.1) is 6.58 Å². The van der Waals surface area contributed by atoms with Crippen molar-refractivity contribution >= 4 is 0 Å². The Morgan fingerprint density at radius 3 is 2.64 bits per heavy atom. The van der Waals surface area contributed by atoms with Crippen molar-refractivity contribution in [2.75, 3.05) is 13.7 Å². The zero-order chi connectivity index (χ0) is 8.48. The maximum absolute atomic E-state index is 5.29. The third kappa shape index (κ3) is 1.47. The summed E-state index contributed by atoms with van der Waals surface area (Å²) in [5.41, 5.74) is 0.303. The van der Waals surface area contributed by atoms with Gasteiger partial charge in [-0.1, -0.05) is 19.9 Å². The first-order chi connectivity index (χ1) is 5.14. The van der Waals surface area contributed by atoms with Crippen LogP contribution in [0.3, 0.4) is 0 Å². The summed E-state index contributed by atoms with van der Waals surface area (Å²) in [7, 11) is 1.77. The van der Waals surface area contributed by atoms with Crippen molar-refractivity contribution in [1.82, 2.24) is 5.32 Å². The number of nitrogens with one attached hydrogen (secondary N) is 1. The van der Waals surface area contributed by atoms with E-state index in [1.54, 1.807) is 7.11 Å². The van der Waals surface area contributed by atoms with E-state index in [1.807, 2.05) is 6.08 Å². The summed E-state index contributed by atoms with van der Waals surface area (Å²) in [6, 6.07) is 0.505. The van der Waals surface area contributed by atoms with Crippen LogP contribution in [0.1, 0.15) is 13.8 Å². The first-order valence-corrected chi connectivity index (χ1v) is 4.01. The molecule has 1 saturated carbocycles. The molecule has 2 heteroatoms. The molecule has 0 bridgehead atoms. The van der Waals surface area contributed by atoms with Gasteiger partial charge in [-0.25, -0.2) is 0 Å². The van der Waals surface area contributed by atoms with Crippen LogP contribution in [-0.4, -0.2) is 25.8 Å². The molecule has 1 aliphatic rings. The van der Waals surface area contributed by atoms with Gasteiger partial charge in [-0.05, 0) is 0 Å². The highest BCUT2D eigenvalue weighted by Crippen LogP contribution is 2.47. The second-order valence-electron chi connectivity index (χ2n) is 3.65. The van der Waals surface area contributed by atoms with E-state index in [2.05, 4.69) is 25.7 Å². The average molecular weight is 155 g/mol. The van der Waals surface area contributed by atoms with Crippen molar-refractivity contribution in [2.45, 2.75) is 26.0 Å². The third-order valence-electron chi connectivity index (χ3n) is 2.46. The van der Waals surface area contributed by atoms with Gasteiger partial charge in [0.2, 0.25) is 0 Å². The summed E-state index contributed by atoms with van der Waals surface area (Å²) in [5.74, 6) is 0. The predicted octanol–water partition coefficient (Wildman–Crippen LogP) is 1.19. The number of hydrogen-bond donors (Lipinski definition) is 1. The highest BCUT2D eigenvalue weighted by molar-refractivity contribution is 5.13. The fourth-order valence-corrected chi connectivity index (χ4v) is 1.61. The quantitative estimate of drug-likeness (QED) is 0.616. The Morgan fingerprint density at radius 2 is 2.27 bits per heavy atom. The van der Waals surface area contributed by atoms with E-state index in [0.717, 1.165) is 6.54 Å². The summed E-state index contributed by atoms with van der Waals surface area (Å²) in [5, 5.41) is 3.35. The van der Waals surface area contributed by atoms with Crippen LogP contribution < -0.4 is 5.32 Å². The van der Waals surface area contributed by atoms with Crippen molar-refractivity contribution < 1.29 is 4.74 Å². The van der Waals surface area contributed by atoms with E-state index >= 15 is 0 Å². The summed E-state index contributed by atoms with van der Waals surface area (Å²) < 4.78 is 5.29. The number of ether oxygens (including phenoxy) is 1. The SMILES string of the molecule is C=CCNC1C(OC)C1(C)C. The van der Waals surface area contributed by atoms with Crippen LogP contribution in [0.15, 0.2) is 12.7 Å². The highest BCUT2D eigenvalue weighted by atomic mass is 16.5. The Balaban J connectivity index is 2.33. The minimum Gasteiger partial charge on any atom is -0.379 e. The van der Waals surface area contributed by atoms with Gasteiger partial charge in [-0.2, -0.15) is 0 Å². The lowest BCUT2D eigenvalue weighted by atomic mass is 10.2. The Kier molecular flexibility index (Phi) is 2.35. The van der Waals surface area contributed by atoms with Gasteiger partial charge in [-0.3, -0.25) is 0 Å². The molecular weight excluding hydrogens is 138 g/mol. The van der Waals surface area contributed by atoms with Crippen LogP contribution >= 0.6 is 0 Å². The van der Waals surface area contributed by atoms with Gasteiger partial charge in [0.05, 0.1) is 6.10 Å². The molecule has 2 atom stereocenters. The Hall–Kier alpha value is -0.340. The van der Waals surface area contributed by atoms with E-state index in [4.69, 9.17) is 4.74 Å². The molecule has 0 aromatic heterocycles. The molecule has 2 unspecified atom stereocenters. The smallest absolute Gasteiger partial charge is 0.0797 e. The third-order valence-corrected chi connectivity index (χ3v) is 2.46. The molecule has 0 aromatic carbocycles. The van der Waals surface area contributed by atoms with Crippen LogP contribution in [0.2, 0.25) is 0 Å². The lowest BCUT2D eigenvalue weighted by Gasteiger charge is -2.00. The molecule has 1 rings (SSSR count). The van der Waals surface area contributed by atoms with Gasteiger partial charge in [0.15, 0.2) is 0 Å². The van der Waals surface area contributed by atoms with E-state index in [1.165, 1.54) is 0 Å². The second-order valence-corrected chi connectivity index (χ2v) is 3.65. The standard InChI is InChI=1S/C9H17NO/c1-5-6-10-7-8(11-4)9(7,2)3/h5,7-8,10H,1,6H2,2-4H3. The predicted molar refractivity (Wildman–Crippen MR) is 46.6 cm³/mol. The van der Waals surface area contributed by atoms with Crippen LogP contribution in [-0.2, 0) is 4.74 Å². The number of rotatable bonds is 4. The van der Waals surface area contributed by atoms with Gasteiger partial charge in [0.1, 0.15) is 0 Å². The van der Waals surface area contributed by atoms with Crippen molar-refractivity contribution in [2.24, 2.45) is 5.41 Å². The monoisotopic (exact) mass is 155 g/mol. The van der Waals surface area contributed by atoms with Gasteiger partial charge in [0, 0.05) is 25.1 Å². The number of methoxy groups -OCH3 is 1. The van der Waals surface area contributed by atoms with Crippen molar-refractivity contribution in [3.8, 4) is 0 Å². The topological polar surface area (TPSA) is 21.3 Å². The van der Waals surface area contributed by atoms with Crippen molar-refractivity contribution in [3.63, 3.8) is 0 Å². The second kappa shape index (κ2) is 2.95. The molecule has 2 nitrogen and oxygen atoms in total. The molecule has 64 valence electrons. The largest absolute Gasteiger partial charge is 0.379 e. The van der Waals surface area contributed by atoms with E-state index < -0.39 is 0 Å². The van der Waals surface area contributed by atoms with Crippen LogP contribution in [0.4, 0.5) is 0 Å². The summed E-state index contributed by atoms with van der Waals surface area (Å²) >= 11 is 0. The summed E-state index contributed by atoms with van der Waals surface area (Å²) in [4.78, 5) is 0. The first kappa shape index (κ1) is 8.75. The summed E-state index contributed by atoms with van der Waals surface area (Å²) in [6.45, 7) is 8.95. The molecule has 1 fully saturated rings. The Bertz CT molecular complexity index is 154. The van der Waals surface area contributed by atoms with Crippen LogP contribution in [0.5, 0.6) is 0 Å². The molecule has 0 aromatic rings. The first-order valence-electron chi connectivity index (χ1n) is 4.01. The Labute approximate surface area is 68.6 Å². The zero-order valence-electron chi connectivity index (χ0n) is 7.55. The molecule has 11 heavy (non-hydrogen) atoms. The molecule has 1 aliphatic carbocycles. The zero-order valence-corrected chi connectivity index (χ0v) is 7.55. The molecule has 0 aliphatic heterocycles. The molecule has 0 saturated heterocycles. The lowest BCUT2D eigenvalue weighted by molar-refractivity contribution is 0.150. The van der Waals surface area contributed by atoms with Crippen molar-refractivity contribution in [1.29, 1.82) is 0 Å². The fraction of sp³-hybridized carbons (Fsp3) is 0.778.